The number of fused-ring (bicyclic) bond motifs is 1. The lowest BCUT2D eigenvalue weighted by atomic mass is 10.1. The molecule has 0 spiro atoms. The number of benzene rings is 1. The van der Waals surface area contributed by atoms with Crippen molar-refractivity contribution >= 4 is 29.3 Å². The average Bonchev–Trinajstić information content (AvgIpc) is 2.98. The van der Waals surface area contributed by atoms with Gasteiger partial charge in [-0.1, -0.05) is 18.2 Å². The first-order valence-electron chi connectivity index (χ1n) is 7.05. The fourth-order valence-corrected chi connectivity index (χ4v) is 2.36. The van der Waals surface area contributed by atoms with E-state index in [4.69, 9.17) is 19.3 Å². The summed E-state index contributed by atoms with van der Waals surface area (Å²) < 4.78 is 16.2. The van der Waals surface area contributed by atoms with Crippen molar-refractivity contribution in [1.82, 2.24) is 0 Å². The molecule has 126 valence electrons. The Balaban J connectivity index is 0.00000208. The highest BCUT2D eigenvalue weighted by Crippen LogP contribution is 2.34. The summed E-state index contributed by atoms with van der Waals surface area (Å²) in [5.41, 5.74) is 6.06. The molecule has 0 bridgehead atoms. The Hall–Kier alpha value is -2.57. The Morgan fingerprint density at radius 1 is 1.17 bits per heavy atom. The van der Waals surface area contributed by atoms with Gasteiger partial charge in [-0.25, -0.2) is 4.79 Å². The first kappa shape index (κ1) is 17.8. The van der Waals surface area contributed by atoms with Gasteiger partial charge in [-0.3, -0.25) is 4.79 Å². The van der Waals surface area contributed by atoms with Gasteiger partial charge in [0.1, 0.15) is 11.3 Å². The zero-order valence-corrected chi connectivity index (χ0v) is 13.9. The number of carbonyl (C=O) groups excluding carboxylic acids is 1. The zero-order chi connectivity index (χ0) is 16.6. The second-order valence-corrected chi connectivity index (χ2v) is 5.12. The summed E-state index contributed by atoms with van der Waals surface area (Å²) in [4.78, 5) is 23.5. The lowest BCUT2D eigenvalue weighted by Crippen LogP contribution is -2.22. The van der Waals surface area contributed by atoms with Crippen LogP contribution >= 0.6 is 12.4 Å². The summed E-state index contributed by atoms with van der Waals surface area (Å²) in [6.45, 7) is 2.94. The van der Waals surface area contributed by atoms with E-state index in [2.05, 4.69) is 0 Å². The molecule has 0 radical (unpaired) electrons. The van der Waals surface area contributed by atoms with Crippen molar-refractivity contribution in [3.8, 4) is 17.3 Å². The largest absolute Gasteiger partial charge is 0.453 e. The number of para-hydroxylation sites is 1. The molecule has 0 fully saturated rings. The highest BCUT2D eigenvalue weighted by molar-refractivity contribution is 5.85. The standard InChI is InChI=1S/C17H15NO5.ClH/c1-9-15(22-14(19)8-18)10(2)17(20)23-16(9)13-7-11-5-3-4-6-12(11)21-13;/h3-7H,8,18H2,1-2H3;1H. The SMILES string of the molecule is Cc1c(-c2cc3ccccc3o2)oc(=O)c(C)c1OC(=O)CN.Cl. The monoisotopic (exact) mass is 349 g/mol. The van der Waals surface area contributed by atoms with E-state index in [0.29, 0.717) is 16.9 Å². The first-order chi connectivity index (χ1) is 11.0. The lowest BCUT2D eigenvalue weighted by Gasteiger charge is -2.10. The molecule has 1 aromatic carbocycles. The maximum absolute atomic E-state index is 12.0. The predicted molar refractivity (Wildman–Crippen MR) is 91.6 cm³/mol. The van der Waals surface area contributed by atoms with Crippen LogP contribution in [0, 0.1) is 13.8 Å². The number of hydrogen-bond acceptors (Lipinski definition) is 6. The topological polar surface area (TPSA) is 95.7 Å². The third-order valence-corrected chi connectivity index (χ3v) is 3.55. The molecule has 0 saturated carbocycles. The predicted octanol–water partition coefficient (Wildman–Crippen LogP) is 2.96. The van der Waals surface area contributed by atoms with Crippen LogP contribution in [-0.2, 0) is 4.79 Å². The molecular weight excluding hydrogens is 334 g/mol. The van der Waals surface area contributed by atoms with Crippen molar-refractivity contribution in [3.05, 3.63) is 51.9 Å². The van der Waals surface area contributed by atoms with Gasteiger partial charge in [0.15, 0.2) is 11.5 Å². The van der Waals surface area contributed by atoms with Gasteiger partial charge in [-0.15, -0.1) is 12.4 Å². The summed E-state index contributed by atoms with van der Waals surface area (Å²) in [7, 11) is 0. The second kappa shape index (κ2) is 6.90. The molecule has 0 aliphatic heterocycles. The Labute approximate surface area is 143 Å². The summed E-state index contributed by atoms with van der Waals surface area (Å²) in [5.74, 6) is 0.159. The summed E-state index contributed by atoms with van der Waals surface area (Å²) in [6.07, 6.45) is 0. The molecule has 2 N–H and O–H groups in total. The number of furan rings is 1. The van der Waals surface area contributed by atoms with Crippen LogP contribution < -0.4 is 16.1 Å². The molecule has 2 aromatic heterocycles. The number of nitrogens with two attached hydrogens (primary N) is 1. The fraction of sp³-hybridized carbons (Fsp3) is 0.176. The van der Waals surface area contributed by atoms with Crippen molar-refractivity contribution in [2.45, 2.75) is 13.8 Å². The number of rotatable bonds is 3. The Bertz CT molecular complexity index is 924. The van der Waals surface area contributed by atoms with Crippen molar-refractivity contribution < 1.29 is 18.4 Å². The Morgan fingerprint density at radius 2 is 1.88 bits per heavy atom. The number of esters is 1. The molecule has 0 atom stereocenters. The van der Waals surface area contributed by atoms with Crippen LogP contribution in [0.25, 0.3) is 22.5 Å². The highest BCUT2D eigenvalue weighted by atomic mass is 35.5. The molecule has 0 amide bonds. The normalized spacial score (nSPS) is 10.5. The van der Waals surface area contributed by atoms with E-state index in [1.54, 1.807) is 13.0 Å². The van der Waals surface area contributed by atoms with Crippen LogP contribution in [0.5, 0.6) is 5.75 Å². The van der Waals surface area contributed by atoms with Crippen molar-refractivity contribution in [2.24, 2.45) is 5.73 Å². The maximum Gasteiger partial charge on any atom is 0.343 e. The van der Waals surface area contributed by atoms with E-state index < -0.39 is 11.6 Å². The fourth-order valence-electron chi connectivity index (χ4n) is 2.36. The van der Waals surface area contributed by atoms with E-state index in [-0.39, 0.29) is 36.0 Å². The average molecular weight is 350 g/mol. The van der Waals surface area contributed by atoms with Gasteiger partial charge in [-0.2, -0.15) is 0 Å². The van der Waals surface area contributed by atoms with Gasteiger partial charge in [0, 0.05) is 10.9 Å². The smallest absolute Gasteiger partial charge is 0.343 e. The van der Waals surface area contributed by atoms with E-state index in [9.17, 15) is 9.59 Å². The minimum atomic E-state index is -0.627. The van der Waals surface area contributed by atoms with Gasteiger partial charge in [0.25, 0.3) is 0 Å². The quantitative estimate of drug-likeness (QED) is 0.730. The Kier molecular flexibility index (Phi) is 5.11. The lowest BCUT2D eigenvalue weighted by molar-refractivity contribution is -0.132. The van der Waals surface area contributed by atoms with E-state index in [0.717, 1.165) is 5.39 Å². The number of halogens is 1. The second-order valence-electron chi connectivity index (χ2n) is 5.12. The number of ether oxygens (including phenoxy) is 1. The van der Waals surface area contributed by atoms with Crippen molar-refractivity contribution in [3.63, 3.8) is 0 Å². The van der Waals surface area contributed by atoms with E-state index in [1.165, 1.54) is 6.92 Å². The zero-order valence-electron chi connectivity index (χ0n) is 13.1. The molecular formula is C17H16ClNO5. The minimum absolute atomic E-state index is 0. The molecule has 3 rings (SSSR count). The molecule has 3 aromatic rings. The van der Waals surface area contributed by atoms with Crippen LogP contribution in [0.15, 0.2) is 44.0 Å². The maximum atomic E-state index is 12.0. The molecule has 0 aliphatic rings. The van der Waals surface area contributed by atoms with Crippen molar-refractivity contribution in [1.29, 1.82) is 0 Å². The summed E-state index contributed by atoms with van der Waals surface area (Å²) >= 11 is 0. The number of carbonyl (C=O) groups is 1. The third-order valence-electron chi connectivity index (χ3n) is 3.55. The van der Waals surface area contributed by atoms with E-state index in [1.807, 2.05) is 24.3 Å². The number of hydrogen-bond donors (Lipinski definition) is 1. The van der Waals surface area contributed by atoms with Crippen LogP contribution in [0.2, 0.25) is 0 Å². The molecule has 24 heavy (non-hydrogen) atoms. The van der Waals surface area contributed by atoms with Crippen LogP contribution in [-0.4, -0.2) is 12.5 Å². The van der Waals surface area contributed by atoms with Gasteiger partial charge >= 0.3 is 11.6 Å². The van der Waals surface area contributed by atoms with Crippen LogP contribution in [0.4, 0.5) is 0 Å². The van der Waals surface area contributed by atoms with Gasteiger partial charge in [-0.05, 0) is 26.0 Å². The first-order valence-corrected chi connectivity index (χ1v) is 7.05. The molecule has 0 unspecified atom stereocenters. The van der Waals surface area contributed by atoms with Gasteiger partial charge in [0.05, 0.1) is 12.1 Å². The minimum Gasteiger partial charge on any atom is -0.453 e. The summed E-state index contributed by atoms with van der Waals surface area (Å²) in [5, 5.41) is 0.880. The molecule has 0 saturated heterocycles. The van der Waals surface area contributed by atoms with Gasteiger partial charge in [0.2, 0.25) is 0 Å². The van der Waals surface area contributed by atoms with Crippen LogP contribution in [0.3, 0.4) is 0 Å². The van der Waals surface area contributed by atoms with Crippen LogP contribution in [0.1, 0.15) is 11.1 Å². The van der Waals surface area contributed by atoms with Crippen molar-refractivity contribution in [2.75, 3.05) is 6.54 Å². The summed E-state index contributed by atoms with van der Waals surface area (Å²) in [6, 6.07) is 9.20. The molecule has 2 heterocycles. The van der Waals surface area contributed by atoms with Gasteiger partial charge < -0.3 is 19.3 Å². The van der Waals surface area contributed by atoms with E-state index >= 15 is 0 Å². The molecule has 6 nitrogen and oxygen atoms in total. The molecule has 0 aliphatic carbocycles. The highest BCUT2D eigenvalue weighted by Gasteiger charge is 2.21. The third kappa shape index (κ3) is 3.06. The Morgan fingerprint density at radius 3 is 2.54 bits per heavy atom. The molecule has 7 heteroatoms.